The van der Waals surface area contributed by atoms with Crippen LogP contribution < -0.4 is 11.3 Å². The van der Waals surface area contributed by atoms with Crippen LogP contribution in [-0.4, -0.2) is 9.78 Å². The monoisotopic (exact) mass is 224 g/mol. The molecule has 92 valence electrons. The molecule has 0 amide bonds. The fourth-order valence-corrected chi connectivity index (χ4v) is 2.19. The Balaban J connectivity index is 2.77. The van der Waals surface area contributed by atoms with E-state index in [-0.39, 0.29) is 6.04 Å². The van der Waals surface area contributed by atoms with Gasteiger partial charge in [-0.25, -0.2) is 0 Å². The van der Waals surface area contributed by atoms with E-state index in [0.29, 0.717) is 0 Å². The lowest BCUT2D eigenvalue weighted by atomic mass is 9.93. The van der Waals surface area contributed by atoms with Gasteiger partial charge in [0.2, 0.25) is 0 Å². The quantitative estimate of drug-likeness (QED) is 0.574. The van der Waals surface area contributed by atoms with Gasteiger partial charge >= 0.3 is 0 Å². The van der Waals surface area contributed by atoms with Gasteiger partial charge in [-0.1, -0.05) is 26.7 Å². The number of aromatic nitrogens is 2. The van der Waals surface area contributed by atoms with Crippen LogP contribution in [0.4, 0.5) is 0 Å². The molecule has 0 bridgehead atoms. The fraction of sp³-hybridized carbons (Fsp3) is 0.750. The highest BCUT2D eigenvalue weighted by Crippen LogP contribution is 2.24. The summed E-state index contributed by atoms with van der Waals surface area (Å²) in [4.78, 5) is 0. The molecule has 0 aliphatic heterocycles. The van der Waals surface area contributed by atoms with Crippen molar-refractivity contribution in [2.24, 2.45) is 18.8 Å². The largest absolute Gasteiger partial charge is 0.271 e. The van der Waals surface area contributed by atoms with Crippen molar-refractivity contribution in [3.8, 4) is 0 Å². The second-order valence-corrected chi connectivity index (χ2v) is 4.47. The Bertz CT molecular complexity index is 315. The lowest BCUT2D eigenvalue weighted by Crippen LogP contribution is -2.31. The van der Waals surface area contributed by atoms with E-state index in [9.17, 15) is 0 Å². The van der Waals surface area contributed by atoms with Gasteiger partial charge < -0.3 is 0 Å². The van der Waals surface area contributed by atoms with Crippen LogP contribution in [0.15, 0.2) is 6.07 Å². The molecule has 0 fully saturated rings. The molecular weight excluding hydrogens is 200 g/mol. The third-order valence-electron chi connectivity index (χ3n) is 3.32. The lowest BCUT2D eigenvalue weighted by molar-refractivity contribution is 0.363. The van der Waals surface area contributed by atoms with Crippen LogP contribution in [0.2, 0.25) is 0 Å². The predicted molar refractivity (Wildman–Crippen MR) is 66.7 cm³/mol. The normalized spacial score (nSPS) is 13.4. The van der Waals surface area contributed by atoms with E-state index in [4.69, 9.17) is 5.84 Å². The molecule has 0 aromatic carbocycles. The zero-order chi connectivity index (χ0) is 12.1. The van der Waals surface area contributed by atoms with Gasteiger partial charge in [0.15, 0.2) is 0 Å². The van der Waals surface area contributed by atoms with E-state index in [1.807, 2.05) is 18.7 Å². The molecule has 1 atom stereocenters. The maximum Gasteiger partial charge on any atom is 0.0631 e. The van der Waals surface area contributed by atoms with Crippen molar-refractivity contribution >= 4 is 0 Å². The number of nitrogens with two attached hydrogens (primary N) is 1. The highest BCUT2D eigenvalue weighted by atomic mass is 15.3. The summed E-state index contributed by atoms with van der Waals surface area (Å²) in [6.07, 6.45) is 3.47. The average Bonchev–Trinajstić information content (AvgIpc) is 2.60. The van der Waals surface area contributed by atoms with Crippen molar-refractivity contribution in [1.82, 2.24) is 15.2 Å². The van der Waals surface area contributed by atoms with Gasteiger partial charge in [0.1, 0.15) is 0 Å². The van der Waals surface area contributed by atoms with E-state index in [0.717, 1.165) is 18.0 Å². The molecule has 0 saturated carbocycles. The van der Waals surface area contributed by atoms with Crippen LogP contribution in [0.25, 0.3) is 0 Å². The van der Waals surface area contributed by atoms with Crippen molar-refractivity contribution in [1.29, 1.82) is 0 Å². The SMILES string of the molecule is CCC(CC)CC(NN)c1cc(C)nn1C. The number of nitrogens with one attached hydrogen (secondary N) is 1. The number of rotatable bonds is 6. The van der Waals surface area contributed by atoms with Crippen LogP contribution in [0.3, 0.4) is 0 Å². The maximum absolute atomic E-state index is 5.65. The minimum absolute atomic E-state index is 0.205. The van der Waals surface area contributed by atoms with Crippen LogP contribution >= 0.6 is 0 Å². The molecule has 4 heteroatoms. The molecule has 0 aliphatic rings. The zero-order valence-electron chi connectivity index (χ0n) is 10.8. The summed E-state index contributed by atoms with van der Waals surface area (Å²) in [7, 11) is 1.97. The summed E-state index contributed by atoms with van der Waals surface area (Å²) in [6, 6.07) is 2.31. The van der Waals surface area contributed by atoms with Gasteiger partial charge in [0, 0.05) is 7.05 Å². The number of hydrazine groups is 1. The Morgan fingerprint density at radius 2 is 2.06 bits per heavy atom. The number of nitrogens with zero attached hydrogens (tertiary/aromatic N) is 2. The third-order valence-corrected chi connectivity index (χ3v) is 3.32. The molecule has 0 radical (unpaired) electrons. The Morgan fingerprint density at radius 3 is 2.44 bits per heavy atom. The summed E-state index contributed by atoms with van der Waals surface area (Å²) in [6.45, 7) is 6.47. The smallest absolute Gasteiger partial charge is 0.0631 e. The van der Waals surface area contributed by atoms with Crippen LogP contribution in [-0.2, 0) is 7.05 Å². The first-order valence-corrected chi connectivity index (χ1v) is 6.09. The molecule has 16 heavy (non-hydrogen) atoms. The highest BCUT2D eigenvalue weighted by molar-refractivity contribution is 5.12. The number of aryl methyl sites for hydroxylation is 2. The van der Waals surface area contributed by atoms with Crippen molar-refractivity contribution in [2.45, 2.75) is 46.1 Å². The van der Waals surface area contributed by atoms with Crippen LogP contribution in [0, 0.1) is 12.8 Å². The van der Waals surface area contributed by atoms with Gasteiger partial charge in [-0.15, -0.1) is 0 Å². The second-order valence-electron chi connectivity index (χ2n) is 4.47. The molecule has 3 N–H and O–H groups in total. The van der Waals surface area contributed by atoms with E-state index < -0.39 is 0 Å². The summed E-state index contributed by atoms with van der Waals surface area (Å²) in [5, 5.41) is 4.36. The van der Waals surface area contributed by atoms with E-state index in [1.165, 1.54) is 18.5 Å². The van der Waals surface area contributed by atoms with Gasteiger partial charge in [-0.3, -0.25) is 16.0 Å². The molecule has 1 unspecified atom stereocenters. The highest BCUT2D eigenvalue weighted by Gasteiger charge is 2.18. The van der Waals surface area contributed by atoms with Gasteiger partial charge in [0.05, 0.1) is 17.4 Å². The van der Waals surface area contributed by atoms with Crippen molar-refractivity contribution in [3.05, 3.63) is 17.5 Å². The fourth-order valence-electron chi connectivity index (χ4n) is 2.19. The van der Waals surface area contributed by atoms with Crippen LogP contribution in [0.5, 0.6) is 0 Å². The molecule has 1 heterocycles. The molecule has 4 nitrogen and oxygen atoms in total. The topological polar surface area (TPSA) is 55.9 Å². The van der Waals surface area contributed by atoms with Gasteiger partial charge in [-0.2, -0.15) is 5.10 Å². The first-order valence-electron chi connectivity index (χ1n) is 6.09. The predicted octanol–water partition coefficient (Wildman–Crippen LogP) is 2.06. The van der Waals surface area contributed by atoms with Gasteiger partial charge in [-0.05, 0) is 25.3 Å². The van der Waals surface area contributed by atoms with E-state index in [2.05, 4.69) is 30.4 Å². The first kappa shape index (κ1) is 13.2. The first-order chi connectivity index (χ1) is 7.62. The van der Waals surface area contributed by atoms with Crippen molar-refractivity contribution < 1.29 is 0 Å². The summed E-state index contributed by atoms with van der Waals surface area (Å²) in [5.74, 6) is 6.37. The summed E-state index contributed by atoms with van der Waals surface area (Å²) >= 11 is 0. The van der Waals surface area contributed by atoms with E-state index in [1.54, 1.807) is 0 Å². The Labute approximate surface area is 98.2 Å². The molecule has 0 saturated heterocycles. The molecule has 1 aromatic rings. The minimum atomic E-state index is 0.205. The zero-order valence-corrected chi connectivity index (χ0v) is 10.8. The molecule has 1 aromatic heterocycles. The molecule has 1 rings (SSSR count). The van der Waals surface area contributed by atoms with Crippen LogP contribution in [0.1, 0.15) is 50.5 Å². The molecule has 0 spiro atoms. The van der Waals surface area contributed by atoms with Crippen molar-refractivity contribution in [3.63, 3.8) is 0 Å². The molecular formula is C12H24N4. The third kappa shape index (κ3) is 3.06. The lowest BCUT2D eigenvalue weighted by Gasteiger charge is -2.21. The standard InChI is InChI=1S/C12H24N4/c1-5-10(6-2)8-11(14-13)12-7-9(3)15-16(12)4/h7,10-11,14H,5-6,8,13H2,1-4H3. The maximum atomic E-state index is 5.65. The number of hydrogen-bond donors (Lipinski definition) is 2. The minimum Gasteiger partial charge on any atom is -0.271 e. The summed E-state index contributed by atoms with van der Waals surface area (Å²) in [5.41, 5.74) is 5.13. The van der Waals surface area contributed by atoms with Crippen molar-refractivity contribution in [2.75, 3.05) is 0 Å². The summed E-state index contributed by atoms with van der Waals surface area (Å²) < 4.78 is 1.92. The van der Waals surface area contributed by atoms with Gasteiger partial charge in [0.25, 0.3) is 0 Å². The Morgan fingerprint density at radius 1 is 1.44 bits per heavy atom. The Kier molecular flexibility index (Phi) is 4.96. The average molecular weight is 224 g/mol. The second kappa shape index (κ2) is 6.01. The van der Waals surface area contributed by atoms with E-state index >= 15 is 0 Å². The Hall–Kier alpha value is -0.870. The number of hydrogen-bond acceptors (Lipinski definition) is 3. The molecule has 0 aliphatic carbocycles.